The molecule has 0 aliphatic carbocycles. The summed E-state index contributed by atoms with van der Waals surface area (Å²) in [5.74, 6) is 4.12. The number of nitrogens with zero attached hydrogens (tertiary/aromatic N) is 1. The molecular weight excluding hydrogens is 407 g/mol. The van der Waals surface area contributed by atoms with Crippen molar-refractivity contribution in [3.63, 3.8) is 0 Å². The van der Waals surface area contributed by atoms with E-state index in [0.29, 0.717) is 5.56 Å². The van der Waals surface area contributed by atoms with Crippen molar-refractivity contribution in [2.75, 3.05) is 24.9 Å². The minimum atomic E-state index is -3.82. The van der Waals surface area contributed by atoms with E-state index in [1.165, 1.54) is 17.0 Å². The van der Waals surface area contributed by atoms with Crippen LogP contribution in [-0.4, -0.2) is 52.5 Å². The smallest absolute Gasteiger partial charge is 0.487 e. The van der Waals surface area contributed by atoms with E-state index in [0.717, 1.165) is 5.56 Å². The fraction of sp³-hybridized carbons (Fsp3) is 0.200. The third-order valence-electron chi connectivity index (χ3n) is 4.10. The summed E-state index contributed by atoms with van der Waals surface area (Å²) in [6.45, 7) is 1.72. The number of aryl methyl sites for hydroxylation is 1. The standard InChI is InChI=1S/C20H19BN2O6S/c1-15-7-9-17(10-8-15)30(26,27)22-18-6-4-3-5-16(18)11-12-21-28-19(24)13-23(2)14-20(25)29-21/h3-10,22H,13-14H2,1-2H3. The zero-order chi connectivity index (χ0) is 21.7. The zero-order valence-corrected chi connectivity index (χ0v) is 17.2. The van der Waals surface area contributed by atoms with Crippen LogP contribution in [0.15, 0.2) is 53.4 Å². The Bertz CT molecular complexity index is 1100. The normalized spacial score (nSPS) is 15.2. The number of likely N-dealkylation sites (N-methyl/N-ethyl adjacent to an activating group) is 1. The maximum atomic E-state index is 12.7. The molecule has 0 amide bonds. The Morgan fingerprint density at radius 1 is 1.00 bits per heavy atom. The van der Waals surface area contributed by atoms with Gasteiger partial charge in [0.25, 0.3) is 10.0 Å². The van der Waals surface area contributed by atoms with E-state index in [9.17, 15) is 18.0 Å². The van der Waals surface area contributed by atoms with E-state index in [2.05, 4.69) is 16.5 Å². The minimum Gasteiger partial charge on any atom is -0.487 e. The number of anilines is 1. The van der Waals surface area contributed by atoms with Crippen molar-refractivity contribution in [1.82, 2.24) is 4.90 Å². The summed E-state index contributed by atoms with van der Waals surface area (Å²) in [5, 5.41) is 0. The van der Waals surface area contributed by atoms with Crippen LogP contribution < -0.4 is 4.72 Å². The van der Waals surface area contributed by atoms with Gasteiger partial charge in [0.2, 0.25) is 0 Å². The van der Waals surface area contributed by atoms with Gasteiger partial charge in [-0.15, -0.1) is 0 Å². The molecule has 0 radical (unpaired) electrons. The Morgan fingerprint density at radius 3 is 2.23 bits per heavy atom. The van der Waals surface area contributed by atoms with Gasteiger partial charge >= 0.3 is 19.1 Å². The van der Waals surface area contributed by atoms with Crippen LogP contribution in [0.5, 0.6) is 0 Å². The predicted molar refractivity (Wildman–Crippen MR) is 111 cm³/mol. The lowest BCUT2D eigenvalue weighted by Crippen LogP contribution is -2.42. The van der Waals surface area contributed by atoms with Gasteiger partial charge in [0.1, 0.15) is 0 Å². The number of rotatable bonds is 3. The third-order valence-corrected chi connectivity index (χ3v) is 5.48. The Hall–Kier alpha value is -3.29. The molecule has 0 bridgehead atoms. The molecule has 0 unspecified atom stereocenters. The molecule has 30 heavy (non-hydrogen) atoms. The van der Waals surface area contributed by atoms with Gasteiger partial charge in [-0.25, -0.2) is 8.42 Å². The van der Waals surface area contributed by atoms with Crippen LogP contribution in [-0.2, 0) is 28.9 Å². The molecule has 154 valence electrons. The molecule has 0 saturated carbocycles. The maximum absolute atomic E-state index is 12.7. The van der Waals surface area contributed by atoms with Gasteiger partial charge in [-0.2, -0.15) is 0 Å². The van der Waals surface area contributed by atoms with E-state index >= 15 is 0 Å². The number of nitrogens with one attached hydrogen (secondary N) is 1. The number of benzene rings is 2. The van der Waals surface area contributed by atoms with Gasteiger partial charge in [-0.05, 0) is 44.1 Å². The summed E-state index contributed by atoms with van der Waals surface area (Å²) in [7, 11) is -3.61. The molecule has 1 heterocycles. The highest BCUT2D eigenvalue weighted by Crippen LogP contribution is 2.20. The van der Waals surface area contributed by atoms with Gasteiger partial charge in [-0.3, -0.25) is 19.2 Å². The third kappa shape index (κ3) is 5.62. The first-order valence-electron chi connectivity index (χ1n) is 9.00. The van der Waals surface area contributed by atoms with Crippen molar-refractivity contribution in [3.05, 3.63) is 59.7 Å². The van der Waals surface area contributed by atoms with Crippen LogP contribution in [0.25, 0.3) is 0 Å². The molecule has 8 nitrogen and oxygen atoms in total. The molecule has 1 aliphatic heterocycles. The highest BCUT2D eigenvalue weighted by Gasteiger charge is 2.30. The number of hydrogen-bond acceptors (Lipinski definition) is 7. The van der Waals surface area contributed by atoms with Gasteiger partial charge in [0.05, 0.1) is 23.7 Å². The highest BCUT2D eigenvalue weighted by molar-refractivity contribution is 7.92. The van der Waals surface area contributed by atoms with Crippen LogP contribution in [0.1, 0.15) is 11.1 Å². The van der Waals surface area contributed by atoms with Gasteiger partial charge in [0.15, 0.2) is 0 Å². The fourth-order valence-corrected chi connectivity index (χ4v) is 3.71. The van der Waals surface area contributed by atoms with E-state index < -0.39 is 29.1 Å². The summed E-state index contributed by atoms with van der Waals surface area (Å²) in [6.07, 6.45) is 0. The van der Waals surface area contributed by atoms with Crippen LogP contribution in [0.2, 0.25) is 0 Å². The molecule has 1 aliphatic rings. The second kappa shape index (κ2) is 9.03. The molecule has 0 atom stereocenters. The largest absolute Gasteiger partial charge is 0.694 e. The Balaban J connectivity index is 1.83. The van der Waals surface area contributed by atoms with E-state index in [1.54, 1.807) is 43.4 Å². The number of carbonyl (C=O) groups is 2. The average Bonchev–Trinajstić information content (AvgIpc) is 2.65. The average molecular weight is 426 g/mol. The van der Waals surface area contributed by atoms with E-state index in [4.69, 9.17) is 9.31 Å². The molecule has 2 aromatic carbocycles. The lowest BCUT2D eigenvalue weighted by atomic mass is 9.90. The molecule has 1 saturated heterocycles. The predicted octanol–water partition coefficient (Wildman–Crippen LogP) is 1.21. The quantitative estimate of drug-likeness (QED) is 0.582. The Kier molecular flexibility index (Phi) is 6.45. The topological polar surface area (TPSA) is 102 Å². The maximum Gasteiger partial charge on any atom is 0.694 e. The van der Waals surface area contributed by atoms with Crippen molar-refractivity contribution >= 4 is 34.8 Å². The van der Waals surface area contributed by atoms with Crippen molar-refractivity contribution in [2.45, 2.75) is 11.8 Å². The summed E-state index contributed by atoms with van der Waals surface area (Å²) < 4.78 is 37.9. The van der Waals surface area contributed by atoms with Crippen molar-refractivity contribution in [1.29, 1.82) is 0 Å². The Morgan fingerprint density at radius 2 is 1.60 bits per heavy atom. The van der Waals surface area contributed by atoms with Crippen molar-refractivity contribution in [3.8, 4) is 11.7 Å². The van der Waals surface area contributed by atoms with Crippen LogP contribution in [0, 0.1) is 18.7 Å². The van der Waals surface area contributed by atoms with Gasteiger partial charge < -0.3 is 9.31 Å². The zero-order valence-electron chi connectivity index (χ0n) is 16.4. The Labute approximate surface area is 175 Å². The van der Waals surface area contributed by atoms with Gasteiger partial charge in [0, 0.05) is 5.56 Å². The minimum absolute atomic E-state index is 0.0692. The number of para-hydroxylation sites is 1. The highest BCUT2D eigenvalue weighted by atomic mass is 32.2. The lowest BCUT2D eigenvalue weighted by Gasteiger charge is -2.20. The van der Waals surface area contributed by atoms with E-state index in [1.807, 2.05) is 6.92 Å². The first-order valence-corrected chi connectivity index (χ1v) is 10.5. The summed E-state index contributed by atoms with van der Waals surface area (Å²) in [6, 6.07) is 12.9. The number of carbonyl (C=O) groups excluding carboxylic acids is 2. The molecule has 0 aromatic heterocycles. The van der Waals surface area contributed by atoms with Crippen LogP contribution in [0.3, 0.4) is 0 Å². The molecular formula is C20H19BN2O6S. The van der Waals surface area contributed by atoms with E-state index in [-0.39, 0.29) is 23.7 Å². The first kappa shape index (κ1) is 21.4. The summed E-state index contributed by atoms with van der Waals surface area (Å²) in [5.41, 5.74) is 1.52. The van der Waals surface area contributed by atoms with Crippen LogP contribution >= 0.6 is 0 Å². The molecule has 0 spiro atoms. The summed E-state index contributed by atoms with van der Waals surface area (Å²) in [4.78, 5) is 25.2. The number of hydrogen-bond donors (Lipinski definition) is 1. The number of sulfonamides is 1. The second-order valence-corrected chi connectivity index (χ2v) is 8.40. The van der Waals surface area contributed by atoms with Crippen LogP contribution in [0.4, 0.5) is 5.69 Å². The molecule has 10 heteroatoms. The van der Waals surface area contributed by atoms with Crippen molar-refractivity contribution < 1.29 is 27.3 Å². The second-order valence-electron chi connectivity index (χ2n) is 6.72. The monoisotopic (exact) mass is 426 g/mol. The molecule has 1 N–H and O–H groups in total. The molecule has 3 rings (SSSR count). The first-order chi connectivity index (χ1) is 14.2. The molecule has 1 fully saturated rings. The summed E-state index contributed by atoms with van der Waals surface area (Å²) >= 11 is 0. The molecule has 2 aromatic rings. The fourth-order valence-electron chi connectivity index (χ4n) is 2.63. The lowest BCUT2D eigenvalue weighted by molar-refractivity contribution is -0.145. The van der Waals surface area contributed by atoms with Crippen molar-refractivity contribution in [2.24, 2.45) is 0 Å². The van der Waals surface area contributed by atoms with Gasteiger partial charge in [-0.1, -0.05) is 35.7 Å². The SMILES string of the molecule is Cc1ccc(S(=O)(=O)Nc2ccccc2C#CB2OC(=O)CN(C)CC(=O)O2)cc1.